The van der Waals surface area contributed by atoms with E-state index in [1.54, 1.807) is 6.21 Å². The molecule has 1 aliphatic heterocycles. The van der Waals surface area contributed by atoms with E-state index in [1.807, 2.05) is 66.4 Å². The number of carbonyl (C=O) groups excluding carboxylic acids is 1. The van der Waals surface area contributed by atoms with Crippen LogP contribution in [0, 0.1) is 6.92 Å². The summed E-state index contributed by atoms with van der Waals surface area (Å²) in [6.07, 6.45) is 3.33. The van der Waals surface area contributed by atoms with Gasteiger partial charge in [0.1, 0.15) is 17.2 Å². The number of likely N-dealkylation sites (N-methyl/N-ethyl adjacent to an activating group) is 1. The van der Waals surface area contributed by atoms with E-state index in [2.05, 4.69) is 22.1 Å². The van der Waals surface area contributed by atoms with Crippen LogP contribution in [0.15, 0.2) is 64.2 Å². The molecule has 2 aromatic carbocycles. The second-order valence-electron chi connectivity index (χ2n) is 8.60. The average molecular weight is 477 g/mol. The van der Waals surface area contributed by atoms with Crippen molar-refractivity contribution >= 4 is 12.1 Å². The third-order valence-corrected chi connectivity index (χ3v) is 5.97. The number of aromatic nitrogens is 1. The van der Waals surface area contributed by atoms with Gasteiger partial charge in [0.15, 0.2) is 13.2 Å². The molecule has 8 heteroatoms. The van der Waals surface area contributed by atoms with E-state index >= 15 is 0 Å². The van der Waals surface area contributed by atoms with Crippen LogP contribution in [-0.4, -0.2) is 66.7 Å². The SMILES string of the molecule is Cc1oc(-c2ccccc2)nc1CON=CCCc1ccc(OCC(=O)N2CCN(C)CC2)cc1. The van der Waals surface area contributed by atoms with Crippen molar-refractivity contribution in [2.75, 3.05) is 39.8 Å². The number of piperazine rings is 1. The molecule has 1 saturated heterocycles. The van der Waals surface area contributed by atoms with Gasteiger partial charge >= 0.3 is 0 Å². The minimum absolute atomic E-state index is 0.0375. The number of oxazole rings is 1. The van der Waals surface area contributed by atoms with E-state index < -0.39 is 0 Å². The average Bonchev–Trinajstić information content (AvgIpc) is 3.26. The maximum atomic E-state index is 12.3. The van der Waals surface area contributed by atoms with Gasteiger partial charge in [0, 0.05) is 38.0 Å². The third-order valence-electron chi connectivity index (χ3n) is 5.97. The summed E-state index contributed by atoms with van der Waals surface area (Å²) in [5, 5.41) is 4.04. The van der Waals surface area contributed by atoms with Crippen LogP contribution in [0.3, 0.4) is 0 Å². The number of hydrogen-bond acceptors (Lipinski definition) is 7. The first-order valence-corrected chi connectivity index (χ1v) is 11.9. The first-order chi connectivity index (χ1) is 17.1. The third kappa shape index (κ3) is 7.16. The molecule has 8 nitrogen and oxygen atoms in total. The molecule has 1 amide bonds. The molecule has 1 aromatic heterocycles. The Morgan fingerprint density at radius 3 is 2.57 bits per heavy atom. The molecule has 0 atom stereocenters. The molecule has 184 valence electrons. The number of nitrogens with zero attached hydrogens (tertiary/aromatic N) is 4. The van der Waals surface area contributed by atoms with E-state index in [1.165, 1.54) is 0 Å². The van der Waals surface area contributed by atoms with Crippen molar-refractivity contribution in [3.8, 4) is 17.2 Å². The molecule has 0 bridgehead atoms. The Hall–Kier alpha value is -3.65. The zero-order valence-electron chi connectivity index (χ0n) is 20.4. The largest absolute Gasteiger partial charge is 0.484 e. The lowest BCUT2D eigenvalue weighted by atomic mass is 10.1. The van der Waals surface area contributed by atoms with Crippen LogP contribution in [0.4, 0.5) is 0 Å². The van der Waals surface area contributed by atoms with E-state index in [0.29, 0.717) is 11.6 Å². The van der Waals surface area contributed by atoms with Crippen molar-refractivity contribution in [3.05, 3.63) is 71.6 Å². The van der Waals surface area contributed by atoms with Crippen molar-refractivity contribution in [1.82, 2.24) is 14.8 Å². The Bertz CT molecular complexity index is 1100. The summed E-state index contributed by atoms with van der Waals surface area (Å²) in [6.45, 7) is 5.54. The molecule has 0 aliphatic carbocycles. The highest BCUT2D eigenvalue weighted by atomic mass is 16.6. The monoisotopic (exact) mass is 476 g/mol. The van der Waals surface area contributed by atoms with Crippen LogP contribution in [-0.2, 0) is 22.7 Å². The van der Waals surface area contributed by atoms with Crippen LogP contribution in [0.2, 0.25) is 0 Å². The van der Waals surface area contributed by atoms with Gasteiger partial charge in [-0.3, -0.25) is 4.79 Å². The predicted molar refractivity (Wildman–Crippen MR) is 134 cm³/mol. The highest BCUT2D eigenvalue weighted by molar-refractivity contribution is 5.77. The number of benzene rings is 2. The summed E-state index contributed by atoms with van der Waals surface area (Å²) in [7, 11) is 2.07. The first kappa shape index (κ1) is 24.5. The van der Waals surface area contributed by atoms with Crippen LogP contribution < -0.4 is 4.74 Å². The Kier molecular flexibility index (Phi) is 8.51. The number of hydrogen-bond donors (Lipinski definition) is 0. The van der Waals surface area contributed by atoms with Crippen LogP contribution >= 0.6 is 0 Å². The van der Waals surface area contributed by atoms with Crippen molar-refractivity contribution in [2.24, 2.45) is 5.16 Å². The zero-order valence-corrected chi connectivity index (χ0v) is 20.4. The molecule has 0 N–H and O–H groups in total. The fourth-order valence-electron chi connectivity index (χ4n) is 3.75. The maximum Gasteiger partial charge on any atom is 0.260 e. The Balaban J connectivity index is 1.15. The molecular weight excluding hydrogens is 444 g/mol. The Morgan fingerprint density at radius 2 is 1.83 bits per heavy atom. The van der Waals surface area contributed by atoms with E-state index in [4.69, 9.17) is 14.0 Å². The molecule has 0 spiro atoms. The number of oxime groups is 1. The smallest absolute Gasteiger partial charge is 0.260 e. The molecule has 4 rings (SSSR count). The molecule has 0 radical (unpaired) electrons. The van der Waals surface area contributed by atoms with Crippen LogP contribution in [0.25, 0.3) is 11.5 Å². The number of amides is 1. The second kappa shape index (κ2) is 12.2. The highest BCUT2D eigenvalue weighted by Gasteiger charge is 2.19. The lowest BCUT2D eigenvalue weighted by molar-refractivity contribution is -0.134. The van der Waals surface area contributed by atoms with Crippen LogP contribution in [0.5, 0.6) is 5.75 Å². The van der Waals surface area contributed by atoms with E-state index in [-0.39, 0.29) is 19.1 Å². The number of carbonyl (C=O) groups is 1. The molecule has 3 aromatic rings. The summed E-state index contributed by atoms with van der Waals surface area (Å²) in [6, 6.07) is 17.6. The van der Waals surface area contributed by atoms with Crippen molar-refractivity contribution < 1.29 is 18.8 Å². The molecule has 1 fully saturated rings. The Labute approximate surface area is 206 Å². The van der Waals surface area contributed by atoms with Crippen LogP contribution in [0.1, 0.15) is 23.4 Å². The summed E-state index contributed by atoms with van der Waals surface area (Å²) >= 11 is 0. The van der Waals surface area contributed by atoms with E-state index in [9.17, 15) is 4.79 Å². The van der Waals surface area contributed by atoms with Gasteiger partial charge in [0.05, 0.1) is 0 Å². The molecule has 2 heterocycles. The molecule has 0 saturated carbocycles. The fourth-order valence-corrected chi connectivity index (χ4v) is 3.75. The maximum absolute atomic E-state index is 12.3. The molecule has 35 heavy (non-hydrogen) atoms. The van der Waals surface area contributed by atoms with Gasteiger partial charge in [-0.05, 0) is 56.6 Å². The number of aryl methyl sites for hydroxylation is 2. The van der Waals surface area contributed by atoms with Gasteiger partial charge in [0.25, 0.3) is 5.91 Å². The minimum atomic E-state index is 0.0375. The quantitative estimate of drug-likeness (QED) is 0.326. The molecule has 0 unspecified atom stereocenters. The summed E-state index contributed by atoms with van der Waals surface area (Å²) in [4.78, 5) is 26.3. The molecule has 1 aliphatic rings. The lowest BCUT2D eigenvalue weighted by Crippen LogP contribution is -2.48. The minimum Gasteiger partial charge on any atom is -0.484 e. The van der Waals surface area contributed by atoms with Gasteiger partial charge in [-0.25, -0.2) is 4.98 Å². The number of ether oxygens (including phenoxy) is 1. The van der Waals surface area contributed by atoms with Crippen molar-refractivity contribution in [1.29, 1.82) is 0 Å². The molecular formula is C27H32N4O4. The van der Waals surface area contributed by atoms with Crippen molar-refractivity contribution in [3.63, 3.8) is 0 Å². The van der Waals surface area contributed by atoms with Gasteiger partial charge in [-0.2, -0.15) is 0 Å². The van der Waals surface area contributed by atoms with E-state index in [0.717, 1.165) is 61.6 Å². The highest BCUT2D eigenvalue weighted by Crippen LogP contribution is 2.21. The lowest BCUT2D eigenvalue weighted by Gasteiger charge is -2.32. The standard InChI is InChI=1S/C27H32N4O4/c1-21-25(29-27(35-21)23-8-4-3-5-9-23)19-34-28-14-6-7-22-10-12-24(13-11-22)33-20-26(32)31-17-15-30(2)16-18-31/h3-5,8-14H,6-7,15-20H2,1-2H3. The van der Waals surface area contributed by atoms with Crippen molar-refractivity contribution in [2.45, 2.75) is 26.4 Å². The fraction of sp³-hybridized carbons (Fsp3) is 0.370. The zero-order chi connectivity index (χ0) is 24.5. The van der Waals surface area contributed by atoms with Gasteiger partial charge < -0.3 is 23.8 Å². The normalized spacial score (nSPS) is 14.4. The number of rotatable bonds is 10. The summed E-state index contributed by atoms with van der Waals surface area (Å²) in [5.74, 6) is 2.05. The Morgan fingerprint density at radius 1 is 1.09 bits per heavy atom. The van der Waals surface area contributed by atoms with Gasteiger partial charge in [-0.1, -0.05) is 35.5 Å². The topological polar surface area (TPSA) is 80.4 Å². The second-order valence-corrected chi connectivity index (χ2v) is 8.60. The first-order valence-electron chi connectivity index (χ1n) is 11.9. The van der Waals surface area contributed by atoms with Gasteiger partial charge in [0.2, 0.25) is 5.89 Å². The van der Waals surface area contributed by atoms with Gasteiger partial charge in [-0.15, -0.1) is 0 Å². The summed E-state index contributed by atoms with van der Waals surface area (Å²) < 4.78 is 11.4. The predicted octanol–water partition coefficient (Wildman–Crippen LogP) is 3.94. The summed E-state index contributed by atoms with van der Waals surface area (Å²) in [5.41, 5.74) is 2.83.